The van der Waals surface area contributed by atoms with Crippen molar-refractivity contribution < 1.29 is 9.53 Å². The molecule has 1 fully saturated rings. The fourth-order valence-electron chi connectivity index (χ4n) is 1.06. The molecule has 1 heterocycles. The van der Waals surface area contributed by atoms with Gasteiger partial charge in [0.15, 0.2) is 0 Å². The van der Waals surface area contributed by atoms with E-state index in [9.17, 15) is 4.79 Å². The molecular formula is C9H17O2S3. The molecule has 3 radical (unpaired) electrons. The van der Waals surface area contributed by atoms with Crippen molar-refractivity contribution in [1.82, 2.24) is 0 Å². The Balaban J connectivity index is 0. The maximum absolute atomic E-state index is 11.2. The first kappa shape index (κ1) is 16.9. The van der Waals surface area contributed by atoms with Crippen LogP contribution in [0.2, 0.25) is 0 Å². The number of hydrogen-bond donors (Lipinski definition) is 0. The fourth-order valence-corrected chi connectivity index (χ4v) is 3.12. The van der Waals surface area contributed by atoms with Crippen molar-refractivity contribution >= 4 is 43.0 Å². The molecule has 1 atom stereocenters. The first-order valence-electron chi connectivity index (χ1n) is 3.93. The van der Waals surface area contributed by atoms with E-state index in [1.54, 1.807) is 11.8 Å². The van der Waals surface area contributed by atoms with Crippen LogP contribution in [0, 0.1) is 19.1 Å². The minimum atomic E-state index is -0.0608. The van der Waals surface area contributed by atoms with Crippen molar-refractivity contribution in [3.05, 3.63) is 13.2 Å². The molecule has 0 aromatic carbocycles. The van der Waals surface area contributed by atoms with E-state index in [1.807, 2.05) is 11.8 Å². The molecule has 1 aliphatic rings. The standard InChI is InChI=1S/C8H13O2S2.CH2.H2S/c1-10-8(9)7-2-4-11-6-12-5-3-7;;/h4,7H,2-3,5-6H2,1H3;2*1H2. The number of hydrogen-bond acceptors (Lipinski definition) is 4. The molecule has 1 rings (SSSR count). The van der Waals surface area contributed by atoms with E-state index in [0.29, 0.717) is 0 Å². The molecule has 83 valence electrons. The molecule has 0 aromatic heterocycles. The van der Waals surface area contributed by atoms with Crippen LogP contribution in [-0.2, 0) is 9.53 Å². The SMILES string of the molecule is COC(=O)C1C[CH]SCSCC1.S.[CH2]. The molecule has 0 aliphatic carbocycles. The maximum Gasteiger partial charge on any atom is 0.308 e. The summed E-state index contributed by atoms with van der Waals surface area (Å²) in [7, 11) is 1.46. The van der Waals surface area contributed by atoms with E-state index in [-0.39, 0.29) is 32.8 Å². The zero-order chi connectivity index (χ0) is 8.81. The Kier molecular flexibility index (Phi) is 12.2. The first-order valence-corrected chi connectivity index (χ1v) is 6.14. The molecule has 1 aliphatic heterocycles. The number of carbonyl (C=O) groups excluding carboxylic acids is 1. The Bertz CT molecular complexity index is 145. The Morgan fingerprint density at radius 1 is 1.57 bits per heavy atom. The second kappa shape index (κ2) is 10.1. The first-order chi connectivity index (χ1) is 5.84. The minimum absolute atomic E-state index is 0. The van der Waals surface area contributed by atoms with Crippen LogP contribution in [-0.4, -0.2) is 23.9 Å². The molecule has 0 saturated carbocycles. The van der Waals surface area contributed by atoms with E-state index in [2.05, 4.69) is 5.75 Å². The van der Waals surface area contributed by atoms with Gasteiger partial charge in [0.25, 0.3) is 0 Å². The topological polar surface area (TPSA) is 26.3 Å². The van der Waals surface area contributed by atoms with Gasteiger partial charge in [-0.1, -0.05) is 7.43 Å². The molecular weight excluding hydrogens is 236 g/mol. The van der Waals surface area contributed by atoms with Gasteiger partial charge in [0.05, 0.1) is 13.0 Å². The summed E-state index contributed by atoms with van der Waals surface area (Å²) in [6.07, 6.45) is 1.81. The van der Waals surface area contributed by atoms with Gasteiger partial charge in [-0.05, 0) is 18.6 Å². The number of rotatable bonds is 1. The Morgan fingerprint density at radius 3 is 2.93 bits per heavy atom. The third-order valence-electron chi connectivity index (χ3n) is 1.80. The predicted octanol–water partition coefficient (Wildman–Crippen LogP) is 2.60. The molecule has 0 amide bonds. The van der Waals surface area contributed by atoms with Crippen molar-refractivity contribution in [2.45, 2.75) is 12.8 Å². The van der Waals surface area contributed by atoms with Gasteiger partial charge in [-0.25, -0.2) is 0 Å². The second-order valence-electron chi connectivity index (χ2n) is 2.60. The largest absolute Gasteiger partial charge is 0.469 e. The van der Waals surface area contributed by atoms with E-state index >= 15 is 0 Å². The summed E-state index contributed by atoms with van der Waals surface area (Å²) in [6.45, 7) is 0. The maximum atomic E-state index is 11.2. The number of esters is 1. The zero-order valence-electron chi connectivity index (χ0n) is 8.32. The number of thioether (sulfide) groups is 2. The minimum Gasteiger partial charge on any atom is -0.469 e. The smallest absolute Gasteiger partial charge is 0.308 e. The van der Waals surface area contributed by atoms with Gasteiger partial charge in [-0.15, -0.1) is 11.8 Å². The quantitative estimate of drug-likeness (QED) is 0.671. The van der Waals surface area contributed by atoms with Crippen molar-refractivity contribution in [3.63, 3.8) is 0 Å². The normalized spacial score (nSPS) is 18.1. The third-order valence-corrected chi connectivity index (χ3v) is 3.96. The van der Waals surface area contributed by atoms with Crippen LogP contribution in [0.3, 0.4) is 0 Å². The molecule has 0 bridgehead atoms. The highest BCUT2D eigenvalue weighted by Gasteiger charge is 2.19. The highest BCUT2D eigenvalue weighted by atomic mass is 32.2. The lowest BCUT2D eigenvalue weighted by Crippen LogP contribution is -2.17. The number of carbonyl (C=O) groups is 1. The third kappa shape index (κ3) is 6.09. The molecule has 14 heavy (non-hydrogen) atoms. The van der Waals surface area contributed by atoms with E-state index in [4.69, 9.17) is 4.74 Å². The Morgan fingerprint density at radius 2 is 2.29 bits per heavy atom. The van der Waals surface area contributed by atoms with E-state index in [1.165, 1.54) is 7.11 Å². The van der Waals surface area contributed by atoms with Crippen molar-refractivity contribution in [2.24, 2.45) is 5.92 Å². The van der Waals surface area contributed by atoms with Crippen LogP contribution in [0.25, 0.3) is 0 Å². The van der Waals surface area contributed by atoms with Crippen LogP contribution in [0.5, 0.6) is 0 Å². The Hall–Kier alpha value is 0.520. The summed E-state index contributed by atoms with van der Waals surface area (Å²) in [5, 5.41) is 1.12. The molecule has 0 aromatic rings. The lowest BCUT2D eigenvalue weighted by Gasteiger charge is -2.16. The van der Waals surface area contributed by atoms with Crippen LogP contribution in [0.1, 0.15) is 12.8 Å². The number of ether oxygens (including phenoxy) is 1. The molecule has 1 saturated heterocycles. The van der Waals surface area contributed by atoms with Crippen LogP contribution < -0.4 is 0 Å². The average molecular weight is 253 g/mol. The van der Waals surface area contributed by atoms with Gasteiger partial charge in [0.2, 0.25) is 0 Å². The van der Waals surface area contributed by atoms with Gasteiger partial charge in [-0.3, -0.25) is 4.79 Å². The summed E-state index contributed by atoms with van der Waals surface area (Å²) in [5.74, 6) is 3.22. The number of methoxy groups -OCH3 is 1. The van der Waals surface area contributed by atoms with Gasteiger partial charge >= 0.3 is 5.97 Å². The lowest BCUT2D eigenvalue weighted by atomic mass is 10.0. The summed E-state index contributed by atoms with van der Waals surface area (Å²) in [4.78, 5) is 11.2. The van der Waals surface area contributed by atoms with Crippen LogP contribution >= 0.6 is 37.0 Å². The highest BCUT2D eigenvalue weighted by molar-refractivity contribution is 8.16. The summed E-state index contributed by atoms with van der Waals surface area (Å²) < 4.78 is 4.71. The van der Waals surface area contributed by atoms with Crippen molar-refractivity contribution in [3.8, 4) is 0 Å². The van der Waals surface area contributed by atoms with Crippen molar-refractivity contribution in [1.29, 1.82) is 0 Å². The molecule has 1 unspecified atom stereocenters. The van der Waals surface area contributed by atoms with E-state index in [0.717, 1.165) is 23.7 Å². The van der Waals surface area contributed by atoms with Gasteiger partial charge in [0, 0.05) is 10.8 Å². The van der Waals surface area contributed by atoms with Crippen LogP contribution in [0.4, 0.5) is 0 Å². The summed E-state index contributed by atoms with van der Waals surface area (Å²) in [6, 6.07) is 0. The zero-order valence-corrected chi connectivity index (χ0v) is 11.0. The summed E-state index contributed by atoms with van der Waals surface area (Å²) >= 11 is 3.68. The monoisotopic (exact) mass is 253 g/mol. The van der Waals surface area contributed by atoms with E-state index < -0.39 is 0 Å². The molecule has 0 N–H and O–H groups in total. The fraction of sp³-hybridized carbons (Fsp3) is 0.667. The van der Waals surface area contributed by atoms with Gasteiger partial charge in [-0.2, -0.15) is 25.3 Å². The second-order valence-corrected chi connectivity index (χ2v) is 5.03. The summed E-state index contributed by atoms with van der Waals surface area (Å²) in [5.41, 5.74) is 0. The molecule has 0 spiro atoms. The Labute approximate surface area is 102 Å². The van der Waals surface area contributed by atoms with Gasteiger partial charge < -0.3 is 4.74 Å². The van der Waals surface area contributed by atoms with Crippen molar-refractivity contribution in [2.75, 3.05) is 17.9 Å². The van der Waals surface area contributed by atoms with Crippen LogP contribution in [0.15, 0.2) is 0 Å². The predicted molar refractivity (Wildman–Crippen MR) is 69.7 cm³/mol. The molecule has 5 heteroatoms. The molecule has 2 nitrogen and oxygen atoms in total. The van der Waals surface area contributed by atoms with Gasteiger partial charge in [0.1, 0.15) is 0 Å². The average Bonchev–Trinajstić information content (AvgIpc) is 2.02. The lowest BCUT2D eigenvalue weighted by molar-refractivity contribution is -0.145. The highest BCUT2D eigenvalue weighted by Crippen LogP contribution is 2.27.